The maximum absolute atomic E-state index is 14.2. The Hall–Kier alpha value is -4.32. The summed E-state index contributed by atoms with van der Waals surface area (Å²) in [5.74, 6) is -0.571. The number of hydrogen-bond donors (Lipinski definition) is 2. The van der Waals surface area contributed by atoms with E-state index in [4.69, 9.17) is 26.1 Å². The van der Waals surface area contributed by atoms with Crippen molar-refractivity contribution in [1.82, 2.24) is 25.1 Å². The van der Waals surface area contributed by atoms with Gasteiger partial charge >= 0.3 is 5.97 Å². The summed E-state index contributed by atoms with van der Waals surface area (Å²) in [5.41, 5.74) is 3.47. The second kappa shape index (κ2) is 14.7. The second-order valence-electron chi connectivity index (χ2n) is 12.8. The minimum Gasteiger partial charge on any atom is -0.496 e. The number of amides is 1. The molecule has 0 saturated carbocycles. The number of alkyl halides is 2. The van der Waals surface area contributed by atoms with Crippen LogP contribution < -0.4 is 14.8 Å². The fraction of sp³-hybridized carbons (Fsp3) is 0.405. The van der Waals surface area contributed by atoms with Gasteiger partial charge in [0.25, 0.3) is 5.91 Å². The minimum atomic E-state index is -1.33. The van der Waals surface area contributed by atoms with Gasteiger partial charge in [-0.15, -0.1) is 11.6 Å². The van der Waals surface area contributed by atoms with Crippen molar-refractivity contribution in [3.63, 3.8) is 0 Å². The third-order valence-electron chi connectivity index (χ3n) is 9.62. The van der Waals surface area contributed by atoms with Gasteiger partial charge in [-0.25, -0.2) is 9.37 Å². The molecule has 0 bridgehead atoms. The molecule has 1 amide bonds. The summed E-state index contributed by atoms with van der Waals surface area (Å²) < 4.78 is 24.9. The van der Waals surface area contributed by atoms with E-state index in [2.05, 4.69) is 10.3 Å². The van der Waals surface area contributed by atoms with Crippen molar-refractivity contribution >= 4 is 29.1 Å². The monoisotopic (exact) mass is 689 g/mol. The maximum atomic E-state index is 14.2. The number of ether oxygens (including phenoxy) is 2. The maximum Gasteiger partial charge on any atom is 0.320 e. The highest BCUT2D eigenvalue weighted by Crippen LogP contribution is 2.42. The molecule has 2 aromatic heterocycles. The molecule has 10 nitrogen and oxygen atoms in total. The van der Waals surface area contributed by atoms with Crippen molar-refractivity contribution in [1.29, 1.82) is 0 Å². The van der Waals surface area contributed by atoms with Crippen LogP contribution in [0.1, 0.15) is 57.7 Å². The molecule has 1 aromatic carbocycles. The third kappa shape index (κ3) is 7.06. The summed E-state index contributed by atoms with van der Waals surface area (Å²) in [7, 11) is 3.04. The van der Waals surface area contributed by atoms with Crippen molar-refractivity contribution in [2.24, 2.45) is 0 Å². The first-order valence-corrected chi connectivity index (χ1v) is 16.9. The summed E-state index contributed by atoms with van der Waals surface area (Å²) >= 11 is 7.41. The van der Waals surface area contributed by atoms with Crippen LogP contribution in [0.2, 0.25) is 0 Å². The molecule has 6 rings (SSSR count). The topological polar surface area (TPSA) is 117 Å². The largest absolute Gasteiger partial charge is 0.496 e. The Balaban J connectivity index is 1.34. The number of pyridine rings is 2. The van der Waals surface area contributed by atoms with Gasteiger partial charge in [-0.05, 0) is 49.1 Å². The molecular formula is C37H41ClFN5O5. The van der Waals surface area contributed by atoms with Gasteiger partial charge in [-0.2, -0.15) is 0 Å². The van der Waals surface area contributed by atoms with Gasteiger partial charge in [-0.3, -0.25) is 24.4 Å². The molecule has 2 fully saturated rings. The smallest absolute Gasteiger partial charge is 0.320 e. The van der Waals surface area contributed by atoms with E-state index in [1.54, 1.807) is 12.3 Å². The Morgan fingerprint density at radius 1 is 1.10 bits per heavy atom. The Kier molecular flexibility index (Phi) is 10.3. The first kappa shape index (κ1) is 34.5. The lowest BCUT2D eigenvalue weighted by Crippen LogP contribution is -2.52. The van der Waals surface area contributed by atoms with Gasteiger partial charge in [-0.1, -0.05) is 55.0 Å². The lowest BCUT2D eigenvalue weighted by Gasteiger charge is -2.39. The van der Waals surface area contributed by atoms with Crippen LogP contribution in [0.5, 0.6) is 11.6 Å². The van der Waals surface area contributed by atoms with Gasteiger partial charge in [0, 0.05) is 49.6 Å². The van der Waals surface area contributed by atoms with Crippen molar-refractivity contribution in [2.75, 3.05) is 33.9 Å². The molecule has 258 valence electrons. The van der Waals surface area contributed by atoms with Crippen LogP contribution in [0.4, 0.5) is 4.39 Å². The van der Waals surface area contributed by atoms with Gasteiger partial charge < -0.3 is 19.9 Å². The third-order valence-corrected chi connectivity index (χ3v) is 10.2. The molecule has 0 spiro atoms. The van der Waals surface area contributed by atoms with Crippen LogP contribution in [-0.4, -0.2) is 88.2 Å². The van der Waals surface area contributed by atoms with Gasteiger partial charge in [0.1, 0.15) is 29.2 Å². The number of carbonyl (C=O) groups excluding carboxylic acids is 1. The molecule has 2 saturated heterocycles. The summed E-state index contributed by atoms with van der Waals surface area (Å²) in [5, 5.41) is 12.1. The number of aliphatic carboxylic acids is 1. The SMILES string of the molecule is COc1cc(C(=O)NC2(c3ccc(CN4CC(F)C4)c(OC)n3)C=CC=C(c3ccccc3C)C2Cl)ncc1CN1CCCC[C@H]1C(=O)O. The molecule has 3 aliphatic rings. The van der Waals surface area contributed by atoms with Crippen molar-refractivity contribution in [3.8, 4) is 11.6 Å². The standard InChI is InChI=1S/C37H41ClFN5O5/c1-23-9-4-5-10-27(23)28-11-8-15-37(33(28)38,32-14-13-24(35(41-32)49-3)19-43-21-26(39)22-43)42-34(45)29-17-31(48-2)25(18-40-29)20-44-16-7-6-12-30(44)36(46)47/h4-5,8-11,13-15,17-18,26,30,33H,6-7,12,16,19-22H2,1-3H3,(H,42,45)(H,46,47)/t30-,33?,37?/m0/s1. The number of benzene rings is 1. The molecule has 1 aliphatic carbocycles. The molecular weight excluding hydrogens is 649 g/mol. The fourth-order valence-electron chi connectivity index (χ4n) is 6.93. The highest BCUT2D eigenvalue weighted by atomic mass is 35.5. The minimum absolute atomic E-state index is 0.0970. The molecule has 2 unspecified atom stereocenters. The zero-order chi connectivity index (χ0) is 34.7. The Bertz CT molecular complexity index is 1780. The average Bonchev–Trinajstić information content (AvgIpc) is 3.09. The molecule has 3 aromatic rings. The van der Waals surface area contributed by atoms with E-state index in [-0.39, 0.29) is 5.69 Å². The van der Waals surface area contributed by atoms with Gasteiger partial charge in [0.15, 0.2) is 0 Å². The van der Waals surface area contributed by atoms with Gasteiger partial charge in [0.2, 0.25) is 5.88 Å². The van der Waals surface area contributed by atoms with E-state index in [0.717, 1.165) is 35.1 Å². The van der Waals surface area contributed by atoms with Gasteiger partial charge in [0.05, 0.1) is 25.3 Å². The molecule has 2 N–H and O–H groups in total. The summed E-state index contributed by atoms with van der Waals surface area (Å²) in [4.78, 5) is 39.3. The van der Waals surface area contributed by atoms with E-state index >= 15 is 0 Å². The number of aromatic nitrogens is 2. The predicted molar refractivity (Wildman–Crippen MR) is 185 cm³/mol. The number of aryl methyl sites for hydroxylation is 1. The van der Waals surface area contributed by atoms with Crippen molar-refractivity contribution in [2.45, 2.75) is 62.4 Å². The molecule has 0 radical (unpaired) electrons. The van der Waals surface area contributed by atoms with Crippen molar-refractivity contribution < 1.29 is 28.6 Å². The summed E-state index contributed by atoms with van der Waals surface area (Å²) in [6, 6.07) is 12.6. The molecule has 12 heteroatoms. The number of allylic oxidation sites excluding steroid dienone is 2. The molecule has 49 heavy (non-hydrogen) atoms. The number of nitrogens with one attached hydrogen (secondary N) is 1. The number of carboxylic acid groups (broad SMARTS) is 1. The summed E-state index contributed by atoms with van der Waals surface area (Å²) in [6.45, 7) is 4.17. The highest BCUT2D eigenvalue weighted by molar-refractivity contribution is 6.28. The van der Waals surface area contributed by atoms with Crippen LogP contribution in [0, 0.1) is 6.92 Å². The number of carbonyl (C=O) groups is 2. The number of likely N-dealkylation sites (tertiary alicyclic amines) is 2. The average molecular weight is 690 g/mol. The quantitative estimate of drug-likeness (QED) is 0.260. The number of nitrogens with zero attached hydrogens (tertiary/aromatic N) is 4. The predicted octanol–water partition coefficient (Wildman–Crippen LogP) is 5.28. The van der Waals surface area contributed by atoms with Crippen LogP contribution >= 0.6 is 11.6 Å². The van der Waals surface area contributed by atoms with E-state index in [1.165, 1.54) is 14.2 Å². The number of carboxylic acids is 1. The number of rotatable bonds is 11. The number of piperidine rings is 1. The van der Waals surface area contributed by atoms with Crippen LogP contribution in [0.3, 0.4) is 0 Å². The number of methoxy groups -OCH3 is 2. The number of halogens is 2. The fourth-order valence-corrected chi connectivity index (χ4v) is 7.36. The first-order chi connectivity index (χ1) is 23.6. The molecule has 2 aliphatic heterocycles. The lowest BCUT2D eigenvalue weighted by atomic mass is 9.79. The van der Waals surface area contributed by atoms with E-state index in [1.807, 2.05) is 71.3 Å². The van der Waals surface area contributed by atoms with Crippen LogP contribution in [0.15, 0.2) is 66.9 Å². The first-order valence-electron chi connectivity index (χ1n) is 16.5. The normalized spacial score (nSPS) is 23.0. The lowest BCUT2D eigenvalue weighted by molar-refractivity contribution is -0.144. The van der Waals surface area contributed by atoms with E-state index in [9.17, 15) is 19.1 Å². The Morgan fingerprint density at radius 3 is 2.61 bits per heavy atom. The van der Waals surface area contributed by atoms with Crippen molar-refractivity contribution in [3.05, 3.63) is 101 Å². The molecule has 4 heterocycles. The van der Waals surface area contributed by atoms with Crippen LogP contribution in [-0.2, 0) is 23.4 Å². The second-order valence-corrected chi connectivity index (χ2v) is 13.3. The van der Waals surface area contributed by atoms with E-state index in [0.29, 0.717) is 62.0 Å². The molecule has 3 atom stereocenters. The van der Waals surface area contributed by atoms with Crippen LogP contribution in [0.25, 0.3) is 5.57 Å². The Labute approximate surface area is 290 Å². The zero-order valence-corrected chi connectivity index (χ0v) is 28.6. The zero-order valence-electron chi connectivity index (χ0n) is 27.9. The number of hydrogen-bond acceptors (Lipinski definition) is 8. The highest BCUT2D eigenvalue weighted by Gasteiger charge is 2.45. The Morgan fingerprint density at radius 2 is 1.90 bits per heavy atom. The van der Waals surface area contributed by atoms with E-state index < -0.39 is 35.0 Å². The summed E-state index contributed by atoms with van der Waals surface area (Å²) in [6.07, 6.45) is 8.70.